The first-order valence-electron chi connectivity index (χ1n) is 7.54. The largest absolute Gasteiger partial charge is 0.487 e. The van der Waals surface area contributed by atoms with Crippen molar-refractivity contribution in [2.24, 2.45) is 0 Å². The van der Waals surface area contributed by atoms with Gasteiger partial charge in [0.15, 0.2) is 0 Å². The van der Waals surface area contributed by atoms with Crippen LogP contribution in [0.15, 0.2) is 42.6 Å². The summed E-state index contributed by atoms with van der Waals surface area (Å²) < 4.78 is 5.90. The van der Waals surface area contributed by atoms with Crippen molar-refractivity contribution in [3.63, 3.8) is 0 Å². The van der Waals surface area contributed by atoms with Crippen molar-refractivity contribution in [1.29, 1.82) is 0 Å². The van der Waals surface area contributed by atoms with E-state index in [-0.39, 0.29) is 5.60 Å². The molecule has 3 rings (SSSR count). The van der Waals surface area contributed by atoms with E-state index in [0.717, 1.165) is 37.4 Å². The molecule has 0 bridgehead atoms. The molecular weight excluding hydrogens is 260 g/mol. The monoisotopic (exact) mass is 282 g/mol. The molecule has 1 N–H and O–H groups in total. The molecule has 2 aromatic rings. The van der Waals surface area contributed by atoms with Gasteiger partial charge in [0.05, 0.1) is 0 Å². The molecule has 0 unspecified atom stereocenters. The molecule has 0 amide bonds. The van der Waals surface area contributed by atoms with E-state index in [9.17, 15) is 0 Å². The van der Waals surface area contributed by atoms with Crippen LogP contribution in [0.4, 0.5) is 0 Å². The molecule has 3 nitrogen and oxygen atoms in total. The molecule has 1 aliphatic heterocycles. The summed E-state index contributed by atoms with van der Waals surface area (Å²) in [5.41, 5.74) is 3.71. The fraction of sp³-hybridized carbons (Fsp3) is 0.389. The topological polar surface area (TPSA) is 34.2 Å². The van der Waals surface area contributed by atoms with Crippen LogP contribution in [0.1, 0.15) is 30.7 Å². The fourth-order valence-corrected chi connectivity index (χ4v) is 2.77. The number of fused-ring (bicyclic) bond motifs is 1. The van der Waals surface area contributed by atoms with Crippen molar-refractivity contribution in [2.45, 2.75) is 38.8 Å². The first-order chi connectivity index (χ1) is 10.1. The van der Waals surface area contributed by atoms with E-state index in [4.69, 9.17) is 4.74 Å². The number of pyridine rings is 1. The summed E-state index contributed by atoms with van der Waals surface area (Å²) in [6.07, 6.45) is 3.80. The molecule has 1 aromatic carbocycles. The van der Waals surface area contributed by atoms with E-state index in [1.807, 2.05) is 18.3 Å². The maximum atomic E-state index is 5.90. The quantitative estimate of drug-likeness (QED) is 0.856. The number of ether oxygens (including phenoxy) is 1. The minimum absolute atomic E-state index is 0.0621. The van der Waals surface area contributed by atoms with Gasteiger partial charge < -0.3 is 10.1 Å². The van der Waals surface area contributed by atoms with Gasteiger partial charge in [-0.1, -0.05) is 18.2 Å². The predicted octanol–water partition coefficient (Wildman–Crippen LogP) is 3.13. The second-order valence-electron chi connectivity index (χ2n) is 6.23. The SMILES string of the molecule is CC1(C)Cc2cc(CNCCc3ccccn3)ccc2O1. The van der Waals surface area contributed by atoms with Crippen LogP contribution in [0, 0.1) is 0 Å². The standard InChI is InChI=1S/C18H22N2O/c1-18(2)12-15-11-14(6-7-17(15)21-18)13-19-10-8-16-5-3-4-9-20-16/h3-7,9,11,19H,8,10,12-13H2,1-2H3. The van der Waals surface area contributed by atoms with Gasteiger partial charge in [0.25, 0.3) is 0 Å². The third kappa shape index (κ3) is 3.61. The third-order valence-electron chi connectivity index (χ3n) is 3.74. The summed E-state index contributed by atoms with van der Waals surface area (Å²) in [6.45, 7) is 6.10. The number of rotatable bonds is 5. The highest BCUT2D eigenvalue weighted by molar-refractivity contribution is 5.41. The molecule has 1 aliphatic rings. The van der Waals surface area contributed by atoms with Crippen molar-refractivity contribution in [3.05, 3.63) is 59.4 Å². The first kappa shape index (κ1) is 14.1. The molecule has 0 aliphatic carbocycles. The molecule has 110 valence electrons. The number of hydrogen-bond acceptors (Lipinski definition) is 3. The van der Waals surface area contributed by atoms with Crippen molar-refractivity contribution >= 4 is 0 Å². The second-order valence-corrected chi connectivity index (χ2v) is 6.23. The van der Waals surface area contributed by atoms with E-state index >= 15 is 0 Å². The smallest absolute Gasteiger partial charge is 0.123 e. The zero-order valence-corrected chi connectivity index (χ0v) is 12.7. The summed E-state index contributed by atoms with van der Waals surface area (Å²) in [7, 11) is 0. The van der Waals surface area contributed by atoms with Gasteiger partial charge in [-0.05, 0) is 43.2 Å². The summed E-state index contributed by atoms with van der Waals surface area (Å²) in [5, 5.41) is 3.48. The van der Waals surface area contributed by atoms with Crippen molar-refractivity contribution in [1.82, 2.24) is 10.3 Å². The van der Waals surface area contributed by atoms with Gasteiger partial charge in [-0.25, -0.2) is 0 Å². The van der Waals surface area contributed by atoms with Crippen LogP contribution in [0.5, 0.6) is 5.75 Å². The molecule has 0 saturated heterocycles. The van der Waals surface area contributed by atoms with Gasteiger partial charge in [0.2, 0.25) is 0 Å². The number of nitrogens with zero attached hydrogens (tertiary/aromatic N) is 1. The minimum Gasteiger partial charge on any atom is -0.487 e. The van der Waals surface area contributed by atoms with Gasteiger partial charge >= 0.3 is 0 Å². The minimum atomic E-state index is -0.0621. The van der Waals surface area contributed by atoms with E-state index < -0.39 is 0 Å². The summed E-state index contributed by atoms with van der Waals surface area (Å²) in [5.74, 6) is 1.04. The van der Waals surface area contributed by atoms with Crippen LogP contribution in [-0.4, -0.2) is 17.1 Å². The highest BCUT2D eigenvalue weighted by Gasteiger charge is 2.29. The normalized spacial score (nSPS) is 15.5. The average Bonchev–Trinajstić information content (AvgIpc) is 2.78. The molecule has 3 heteroatoms. The van der Waals surface area contributed by atoms with E-state index in [0.29, 0.717) is 0 Å². The predicted molar refractivity (Wildman–Crippen MR) is 84.5 cm³/mol. The fourth-order valence-electron chi connectivity index (χ4n) is 2.77. The first-order valence-corrected chi connectivity index (χ1v) is 7.54. The second kappa shape index (κ2) is 5.86. The Hall–Kier alpha value is -1.87. The van der Waals surface area contributed by atoms with Crippen molar-refractivity contribution in [2.75, 3.05) is 6.54 Å². The Morgan fingerprint density at radius 3 is 2.95 bits per heavy atom. The molecule has 0 atom stereocenters. The molecule has 0 radical (unpaired) electrons. The molecular formula is C18H22N2O. The molecule has 1 aromatic heterocycles. The van der Waals surface area contributed by atoms with Gasteiger partial charge in [-0.15, -0.1) is 0 Å². The third-order valence-corrected chi connectivity index (χ3v) is 3.74. The van der Waals surface area contributed by atoms with Crippen LogP contribution in [0.2, 0.25) is 0 Å². The Morgan fingerprint density at radius 2 is 2.14 bits per heavy atom. The Bertz CT molecular complexity index is 608. The van der Waals surface area contributed by atoms with Crippen molar-refractivity contribution in [3.8, 4) is 5.75 Å². The summed E-state index contributed by atoms with van der Waals surface area (Å²) >= 11 is 0. The summed E-state index contributed by atoms with van der Waals surface area (Å²) in [4.78, 5) is 4.33. The summed E-state index contributed by atoms with van der Waals surface area (Å²) in [6, 6.07) is 12.6. The number of nitrogens with one attached hydrogen (secondary N) is 1. The lowest BCUT2D eigenvalue weighted by Gasteiger charge is -2.16. The lowest BCUT2D eigenvalue weighted by atomic mass is 10.0. The molecule has 2 heterocycles. The van der Waals surface area contributed by atoms with Crippen LogP contribution in [0.3, 0.4) is 0 Å². The zero-order chi connectivity index (χ0) is 14.7. The van der Waals surface area contributed by atoms with Crippen LogP contribution < -0.4 is 10.1 Å². The van der Waals surface area contributed by atoms with Gasteiger partial charge in [0, 0.05) is 37.8 Å². The average molecular weight is 282 g/mol. The molecule has 0 fully saturated rings. The van der Waals surface area contributed by atoms with Crippen LogP contribution >= 0.6 is 0 Å². The molecule has 0 saturated carbocycles. The van der Waals surface area contributed by atoms with E-state index in [2.05, 4.69) is 48.4 Å². The van der Waals surface area contributed by atoms with Gasteiger partial charge in [-0.2, -0.15) is 0 Å². The molecule has 0 spiro atoms. The lowest BCUT2D eigenvalue weighted by molar-refractivity contribution is 0.138. The Morgan fingerprint density at radius 1 is 1.24 bits per heavy atom. The lowest BCUT2D eigenvalue weighted by Crippen LogP contribution is -2.24. The van der Waals surface area contributed by atoms with Crippen molar-refractivity contribution < 1.29 is 4.74 Å². The Labute approximate surface area is 126 Å². The van der Waals surface area contributed by atoms with E-state index in [1.165, 1.54) is 11.1 Å². The van der Waals surface area contributed by atoms with Gasteiger partial charge in [-0.3, -0.25) is 4.98 Å². The van der Waals surface area contributed by atoms with Crippen LogP contribution in [-0.2, 0) is 19.4 Å². The highest BCUT2D eigenvalue weighted by Crippen LogP contribution is 2.35. The van der Waals surface area contributed by atoms with Crippen LogP contribution in [0.25, 0.3) is 0 Å². The zero-order valence-electron chi connectivity index (χ0n) is 12.7. The number of hydrogen-bond donors (Lipinski definition) is 1. The highest BCUT2D eigenvalue weighted by atomic mass is 16.5. The number of benzene rings is 1. The Kier molecular flexibility index (Phi) is 3.93. The maximum absolute atomic E-state index is 5.90. The number of aromatic nitrogens is 1. The maximum Gasteiger partial charge on any atom is 0.123 e. The molecule has 21 heavy (non-hydrogen) atoms. The van der Waals surface area contributed by atoms with Gasteiger partial charge in [0.1, 0.15) is 11.4 Å². The Balaban J connectivity index is 1.51. The van der Waals surface area contributed by atoms with E-state index in [1.54, 1.807) is 0 Å².